The van der Waals surface area contributed by atoms with Gasteiger partial charge in [0.15, 0.2) is 0 Å². The highest BCUT2D eigenvalue weighted by atomic mass is 16.1. The van der Waals surface area contributed by atoms with Crippen LogP contribution in [0.15, 0.2) is 18.3 Å². The molecule has 0 aliphatic rings. The third-order valence-electron chi connectivity index (χ3n) is 2.32. The van der Waals surface area contributed by atoms with E-state index in [2.05, 4.69) is 16.2 Å². The minimum atomic E-state index is -0.0946. The SMILES string of the molecule is C#CCCCCNC(=O)c1ccnc(CN)c1. The first-order chi connectivity index (χ1) is 8.27. The normalized spacial score (nSPS) is 9.65. The Labute approximate surface area is 102 Å². The second-order valence-corrected chi connectivity index (χ2v) is 3.66. The molecule has 0 spiro atoms. The number of nitrogens with two attached hydrogens (primary N) is 1. The van der Waals surface area contributed by atoms with E-state index in [4.69, 9.17) is 12.2 Å². The summed E-state index contributed by atoms with van der Waals surface area (Å²) in [4.78, 5) is 15.8. The van der Waals surface area contributed by atoms with Crippen LogP contribution in [0.2, 0.25) is 0 Å². The first-order valence-corrected chi connectivity index (χ1v) is 5.64. The molecular weight excluding hydrogens is 214 g/mol. The smallest absolute Gasteiger partial charge is 0.251 e. The zero-order valence-corrected chi connectivity index (χ0v) is 9.78. The number of rotatable bonds is 6. The molecule has 0 saturated heterocycles. The number of amides is 1. The maximum absolute atomic E-state index is 11.7. The highest BCUT2D eigenvalue weighted by Crippen LogP contribution is 2.01. The van der Waals surface area contributed by atoms with Crippen LogP contribution in [0.5, 0.6) is 0 Å². The number of nitrogens with one attached hydrogen (secondary N) is 1. The molecule has 90 valence electrons. The zero-order valence-electron chi connectivity index (χ0n) is 9.78. The molecule has 1 aromatic heterocycles. The number of pyridine rings is 1. The maximum Gasteiger partial charge on any atom is 0.251 e. The van der Waals surface area contributed by atoms with Gasteiger partial charge in [-0.05, 0) is 25.0 Å². The Morgan fingerprint density at radius 1 is 1.53 bits per heavy atom. The molecule has 3 N–H and O–H groups in total. The second kappa shape index (κ2) is 7.42. The molecule has 1 rings (SSSR count). The van der Waals surface area contributed by atoms with Gasteiger partial charge >= 0.3 is 0 Å². The lowest BCUT2D eigenvalue weighted by Crippen LogP contribution is -2.24. The Bertz CT molecular complexity index is 409. The largest absolute Gasteiger partial charge is 0.352 e. The fourth-order valence-electron chi connectivity index (χ4n) is 1.39. The maximum atomic E-state index is 11.7. The summed E-state index contributed by atoms with van der Waals surface area (Å²) in [6.07, 6.45) is 9.31. The molecule has 0 radical (unpaired) electrons. The number of hydrogen-bond donors (Lipinski definition) is 2. The van der Waals surface area contributed by atoms with E-state index in [1.165, 1.54) is 0 Å². The van der Waals surface area contributed by atoms with Crippen LogP contribution in [0.25, 0.3) is 0 Å². The van der Waals surface area contributed by atoms with Gasteiger partial charge in [-0.25, -0.2) is 0 Å². The van der Waals surface area contributed by atoms with Crippen LogP contribution in [0.4, 0.5) is 0 Å². The standard InChI is InChI=1S/C13H17N3O/c1-2-3-4-5-7-16-13(17)11-6-8-15-12(9-11)10-14/h1,6,8-9H,3-5,7,10,14H2,(H,16,17). The van der Waals surface area contributed by atoms with E-state index >= 15 is 0 Å². The van der Waals surface area contributed by atoms with Crippen molar-refractivity contribution in [3.8, 4) is 12.3 Å². The predicted molar refractivity (Wildman–Crippen MR) is 67.1 cm³/mol. The number of unbranched alkanes of at least 4 members (excludes halogenated alkanes) is 2. The van der Waals surface area contributed by atoms with Gasteiger partial charge in [-0.15, -0.1) is 12.3 Å². The lowest BCUT2D eigenvalue weighted by Gasteiger charge is -2.05. The summed E-state index contributed by atoms with van der Waals surface area (Å²) in [5, 5.41) is 2.83. The number of terminal acetylenes is 1. The van der Waals surface area contributed by atoms with Crippen molar-refractivity contribution in [2.45, 2.75) is 25.8 Å². The van der Waals surface area contributed by atoms with E-state index in [9.17, 15) is 4.79 Å². The minimum absolute atomic E-state index is 0.0946. The quantitative estimate of drug-likeness (QED) is 0.568. The number of nitrogens with zero attached hydrogens (tertiary/aromatic N) is 1. The van der Waals surface area contributed by atoms with Gasteiger partial charge in [-0.1, -0.05) is 0 Å². The Hall–Kier alpha value is -1.86. The number of hydrogen-bond acceptors (Lipinski definition) is 3. The van der Waals surface area contributed by atoms with Gasteiger partial charge in [0.25, 0.3) is 5.91 Å². The number of aromatic nitrogens is 1. The van der Waals surface area contributed by atoms with Gasteiger partial charge in [-0.2, -0.15) is 0 Å². The molecule has 17 heavy (non-hydrogen) atoms. The molecule has 1 heterocycles. The van der Waals surface area contributed by atoms with E-state index in [-0.39, 0.29) is 5.91 Å². The van der Waals surface area contributed by atoms with Crippen LogP contribution < -0.4 is 11.1 Å². The molecule has 1 amide bonds. The van der Waals surface area contributed by atoms with Crippen LogP contribution in [0, 0.1) is 12.3 Å². The van der Waals surface area contributed by atoms with Gasteiger partial charge < -0.3 is 11.1 Å². The Balaban J connectivity index is 2.39. The molecule has 4 heteroatoms. The second-order valence-electron chi connectivity index (χ2n) is 3.66. The van der Waals surface area contributed by atoms with Crippen LogP contribution >= 0.6 is 0 Å². The number of carbonyl (C=O) groups is 1. The van der Waals surface area contributed by atoms with E-state index < -0.39 is 0 Å². The summed E-state index contributed by atoms with van der Waals surface area (Å²) in [5.41, 5.74) is 6.77. The summed E-state index contributed by atoms with van der Waals surface area (Å²) in [5.74, 6) is 2.47. The molecule has 1 aromatic rings. The van der Waals surface area contributed by atoms with Gasteiger partial charge in [0, 0.05) is 31.3 Å². The number of carbonyl (C=O) groups excluding carboxylic acids is 1. The Kier molecular flexibility index (Phi) is 5.76. The van der Waals surface area contributed by atoms with E-state index in [1.54, 1.807) is 18.3 Å². The topological polar surface area (TPSA) is 68.0 Å². The molecule has 0 aliphatic heterocycles. The lowest BCUT2D eigenvalue weighted by atomic mass is 10.2. The summed E-state index contributed by atoms with van der Waals surface area (Å²) in [6.45, 7) is 0.976. The van der Waals surface area contributed by atoms with E-state index in [0.29, 0.717) is 24.3 Å². The molecule has 0 aliphatic carbocycles. The van der Waals surface area contributed by atoms with E-state index in [1.807, 2.05) is 0 Å². The summed E-state index contributed by atoms with van der Waals surface area (Å²) in [7, 11) is 0. The van der Waals surface area contributed by atoms with Crippen LogP contribution in [0.3, 0.4) is 0 Å². The average Bonchev–Trinajstić information content (AvgIpc) is 2.38. The van der Waals surface area contributed by atoms with Crippen molar-refractivity contribution in [2.75, 3.05) is 6.54 Å². The van der Waals surface area contributed by atoms with Crippen LogP contribution in [-0.2, 0) is 6.54 Å². The molecule has 0 fully saturated rings. The van der Waals surface area contributed by atoms with E-state index in [0.717, 1.165) is 19.3 Å². The lowest BCUT2D eigenvalue weighted by molar-refractivity contribution is 0.0953. The highest BCUT2D eigenvalue weighted by Gasteiger charge is 2.05. The zero-order chi connectivity index (χ0) is 12.5. The minimum Gasteiger partial charge on any atom is -0.352 e. The average molecular weight is 231 g/mol. The Morgan fingerprint density at radius 2 is 2.35 bits per heavy atom. The van der Waals surface area contributed by atoms with Gasteiger partial charge in [0.05, 0.1) is 5.69 Å². The van der Waals surface area contributed by atoms with Crippen molar-refractivity contribution in [3.63, 3.8) is 0 Å². The van der Waals surface area contributed by atoms with Crippen molar-refractivity contribution in [2.24, 2.45) is 5.73 Å². The molecule has 4 nitrogen and oxygen atoms in total. The van der Waals surface area contributed by atoms with Crippen molar-refractivity contribution in [1.29, 1.82) is 0 Å². The van der Waals surface area contributed by atoms with Crippen molar-refractivity contribution in [1.82, 2.24) is 10.3 Å². The van der Waals surface area contributed by atoms with Crippen LogP contribution in [-0.4, -0.2) is 17.4 Å². The first kappa shape index (κ1) is 13.2. The summed E-state index contributed by atoms with van der Waals surface area (Å²) >= 11 is 0. The van der Waals surface area contributed by atoms with Gasteiger partial charge in [0.2, 0.25) is 0 Å². The first-order valence-electron chi connectivity index (χ1n) is 5.64. The third-order valence-corrected chi connectivity index (χ3v) is 2.32. The fourth-order valence-corrected chi connectivity index (χ4v) is 1.39. The molecule has 0 saturated carbocycles. The monoisotopic (exact) mass is 231 g/mol. The highest BCUT2D eigenvalue weighted by molar-refractivity contribution is 5.94. The predicted octanol–water partition coefficient (Wildman–Crippen LogP) is 1.07. The van der Waals surface area contributed by atoms with Crippen molar-refractivity contribution in [3.05, 3.63) is 29.6 Å². The molecule has 0 bridgehead atoms. The van der Waals surface area contributed by atoms with Gasteiger partial charge in [-0.3, -0.25) is 9.78 Å². The summed E-state index contributed by atoms with van der Waals surface area (Å²) < 4.78 is 0. The Morgan fingerprint density at radius 3 is 3.06 bits per heavy atom. The van der Waals surface area contributed by atoms with Crippen LogP contribution in [0.1, 0.15) is 35.3 Å². The van der Waals surface area contributed by atoms with Crippen molar-refractivity contribution < 1.29 is 4.79 Å². The third kappa shape index (κ3) is 4.66. The summed E-state index contributed by atoms with van der Waals surface area (Å²) in [6, 6.07) is 3.38. The molecular formula is C13H17N3O. The molecule has 0 unspecified atom stereocenters. The molecule has 0 atom stereocenters. The fraction of sp³-hybridized carbons (Fsp3) is 0.385. The molecule has 0 aromatic carbocycles. The van der Waals surface area contributed by atoms with Gasteiger partial charge in [0.1, 0.15) is 0 Å². The van der Waals surface area contributed by atoms with Crippen molar-refractivity contribution >= 4 is 5.91 Å².